The number of halogens is 1. The van der Waals surface area contributed by atoms with Crippen LogP contribution in [-0.4, -0.2) is 42.2 Å². The molecule has 0 saturated carbocycles. The summed E-state index contributed by atoms with van der Waals surface area (Å²) in [6.45, 7) is 3.19. The molecule has 17 heavy (non-hydrogen) atoms. The molecule has 1 N–H and O–H groups in total. The van der Waals surface area contributed by atoms with Gasteiger partial charge in [0.15, 0.2) is 0 Å². The Morgan fingerprint density at radius 2 is 2.12 bits per heavy atom. The van der Waals surface area contributed by atoms with Crippen molar-refractivity contribution in [2.45, 2.75) is 32.6 Å². The minimum absolute atomic E-state index is 0.0354. The topological polar surface area (TPSA) is 49.4 Å². The van der Waals surface area contributed by atoms with Gasteiger partial charge in [-0.2, -0.15) is 0 Å². The standard InChI is InChI=1S/C12H21BrN2O2/c1-12(11(17)14-2)6-8-15(9-12)10(16)5-3-4-7-13/h3-9H2,1-2H3,(H,14,17). The number of hydrogen-bond donors (Lipinski definition) is 1. The number of likely N-dealkylation sites (tertiary alicyclic amines) is 1. The van der Waals surface area contributed by atoms with Gasteiger partial charge in [-0.05, 0) is 26.2 Å². The van der Waals surface area contributed by atoms with Crippen LogP contribution in [0.2, 0.25) is 0 Å². The van der Waals surface area contributed by atoms with E-state index in [2.05, 4.69) is 21.2 Å². The highest BCUT2D eigenvalue weighted by atomic mass is 79.9. The van der Waals surface area contributed by atoms with Crippen LogP contribution in [0.3, 0.4) is 0 Å². The molecule has 1 aliphatic rings. The zero-order chi connectivity index (χ0) is 12.9. The molecular weight excluding hydrogens is 284 g/mol. The third-order valence-electron chi connectivity index (χ3n) is 3.38. The normalized spacial score (nSPS) is 23.8. The lowest BCUT2D eigenvalue weighted by Crippen LogP contribution is -2.40. The lowest BCUT2D eigenvalue weighted by Gasteiger charge is -2.22. The van der Waals surface area contributed by atoms with E-state index >= 15 is 0 Å². The van der Waals surface area contributed by atoms with Crippen LogP contribution < -0.4 is 5.32 Å². The van der Waals surface area contributed by atoms with Gasteiger partial charge in [-0.3, -0.25) is 9.59 Å². The summed E-state index contributed by atoms with van der Waals surface area (Å²) in [5.41, 5.74) is -0.403. The van der Waals surface area contributed by atoms with Gasteiger partial charge in [-0.25, -0.2) is 0 Å². The van der Waals surface area contributed by atoms with Crippen LogP contribution >= 0.6 is 15.9 Å². The van der Waals surface area contributed by atoms with Crippen molar-refractivity contribution in [3.63, 3.8) is 0 Å². The molecule has 0 aromatic heterocycles. The van der Waals surface area contributed by atoms with Crippen LogP contribution in [0, 0.1) is 5.41 Å². The van der Waals surface area contributed by atoms with Crippen molar-refractivity contribution < 1.29 is 9.59 Å². The van der Waals surface area contributed by atoms with E-state index < -0.39 is 5.41 Å². The molecule has 1 aliphatic heterocycles. The predicted octanol–water partition coefficient (Wildman–Crippen LogP) is 1.54. The summed E-state index contributed by atoms with van der Waals surface area (Å²) in [5.74, 6) is 0.215. The van der Waals surface area contributed by atoms with Crippen molar-refractivity contribution in [3.8, 4) is 0 Å². The van der Waals surface area contributed by atoms with Gasteiger partial charge >= 0.3 is 0 Å². The largest absolute Gasteiger partial charge is 0.359 e. The third-order valence-corrected chi connectivity index (χ3v) is 3.94. The fourth-order valence-electron chi connectivity index (χ4n) is 2.19. The third kappa shape index (κ3) is 3.69. The zero-order valence-corrected chi connectivity index (χ0v) is 12.2. The summed E-state index contributed by atoms with van der Waals surface area (Å²) < 4.78 is 0. The van der Waals surface area contributed by atoms with Crippen molar-refractivity contribution >= 4 is 27.7 Å². The van der Waals surface area contributed by atoms with E-state index in [1.807, 2.05) is 11.8 Å². The summed E-state index contributed by atoms with van der Waals surface area (Å²) in [6, 6.07) is 0. The summed E-state index contributed by atoms with van der Waals surface area (Å²) in [7, 11) is 1.65. The first-order chi connectivity index (χ1) is 8.03. The van der Waals surface area contributed by atoms with Crippen molar-refractivity contribution in [1.29, 1.82) is 0 Å². The van der Waals surface area contributed by atoms with Crippen LogP contribution in [0.5, 0.6) is 0 Å². The molecular formula is C12H21BrN2O2. The highest BCUT2D eigenvalue weighted by molar-refractivity contribution is 9.09. The summed E-state index contributed by atoms with van der Waals surface area (Å²) in [4.78, 5) is 25.4. The van der Waals surface area contributed by atoms with Crippen molar-refractivity contribution in [2.75, 3.05) is 25.5 Å². The van der Waals surface area contributed by atoms with Crippen LogP contribution in [0.25, 0.3) is 0 Å². The Labute approximate surface area is 111 Å². The number of carbonyl (C=O) groups is 2. The monoisotopic (exact) mass is 304 g/mol. The number of unbranched alkanes of at least 4 members (excludes halogenated alkanes) is 1. The van der Waals surface area contributed by atoms with E-state index in [9.17, 15) is 9.59 Å². The quantitative estimate of drug-likeness (QED) is 0.619. The summed E-state index contributed by atoms with van der Waals surface area (Å²) >= 11 is 3.35. The van der Waals surface area contributed by atoms with Crippen molar-refractivity contribution in [1.82, 2.24) is 10.2 Å². The van der Waals surface area contributed by atoms with E-state index in [0.717, 1.165) is 24.6 Å². The predicted molar refractivity (Wildman–Crippen MR) is 71.0 cm³/mol. The van der Waals surface area contributed by atoms with Crippen molar-refractivity contribution in [3.05, 3.63) is 0 Å². The molecule has 2 amide bonds. The Hall–Kier alpha value is -0.580. The molecule has 5 heteroatoms. The highest BCUT2D eigenvalue weighted by Gasteiger charge is 2.41. The van der Waals surface area contributed by atoms with Crippen LogP contribution in [0.4, 0.5) is 0 Å². The second-order valence-electron chi connectivity index (χ2n) is 4.85. The first-order valence-corrected chi connectivity index (χ1v) is 7.21. The van der Waals surface area contributed by atoms with E-state index in [1.165, 1.54) is 0 Å². The SMILES string of the molecule is CNC(=O)C1(C)CCN(C(=O)CCCCBr)C1. The maximum absolute atomic E-state index is 11.9. The summed E-state index contributed by atoms with van der Waals surface area (Å²) in [5, 5.41) is 3.62. The molecule has 1 rings (SSSR count). The zero-order valence-electron chi connectivity index (χ0n) is 10.6. The Morgan fingerprint density at radius 1 is 1.41 bits per heavy atom. The average molecular weight is 305 g/mol. The van der Waals surface area contributed by atoms with Crippen molar-refractivity contribution in [2.24, 2.45) is 5.41 Å². The minimum Gasteiger partial charge on any atom is -0.359 e. The van der Waals surface area contributed by atoms with Crippen LogP contribution in [-0.2, 0) is 9.59 Å². The molecule has 1 heterocycles. The smallest absolute Gasteiger partial charge is 0.227 e. The van der Waals surface area contributed by atoms with Gasteiger partial charge in [0.2, 0.25) is 11.8 Å². The fraction of sp³-hybridized carbons (Fsp3) is 0.833. The van der Waals surface area contributed by atoms with Gasteiger partial charge < -0.3 is 10.2 Å². The molecule has 0 aliphatic carbocycles. The molecule has 1 saturated heterocycles. The lowest BCUT2D eigenvalue weighted by molar-refractivity contribution is -0.132. The molecule has 1 unspecified atom stereocenters. The molecule has 0 spiro atoms. The van der Waals surface area contributed by atoms with Gasteiger partial charge in [0.05, 0.1) is 5.41 Å². The molecule has 4 nitrogen and oxygen atoms in total. The molecule has 1 fully saturated rings. The number of amides is 2. The van der Waals surface area contributed by atoms with Gasteiger partial charge in [0.1, 0.15) is 0 Å². The Balaban J connectivity index is 2.44. The van der Waals surface area contributed by atoms with Gasteiger partial charge in [0, 0.05) is 31.9 Å². The van der Waals surface area contributed by atoms with Crippen LogP contribution in [0.15, 0.2) is 0 Å². The first kappa shape index (κ1) is 14.5. The number of hydrogen-bond acceptors (Lipinski definition) is 2. The highest BCUT2D eigenvalue weighted by Crippen LogP contribution is 2.30. The van der Waals surface area contributed by atoms with Gasteiger partial charge in [-0.1, -0.05) is 15.9 Å². The Kier molecular flexibility index (Phi) is 5.43. The number of alkyl halides is 1. The van der Waals surface area contributed by atoms with E-state index in [4.69, 9.17) is 0 Å². The first-order valence-electron chi connectivity index (χ1n) is 6.09. The Bertz CT molecular complexity index is 296. The van der Waals surface area contributed by atoms with Gasteiger partial charge in [0.25, 0.3) is 0 Å². The van der Waals surface area contributed by atoms with E-state index in [0.29, 0.717) is 19.5 Å². The maximum Gasteiger partial charge on any atom is 0.227 e. The average Bonchev–Trinajstić information content (AvgIpc) is 2.72. The van der Waals surface area contributed by atoms with Crippen LogP contribution in [0.1, 0.15) is 32.6 Å². The summed E-state index contributed by atoms with van der Waals surface area (Å²) in [6.07, 6.45) is 3.29. The number of nitrogens with one attached hydrogen (secondary N) is 1. The molecule has 98 valence electrons. The fourth-order valence-corrected chi connectivity index (χ4v) is 2.59. The second-order valence-corrected chi connectivity index (χ2v) is 5.64. The molecule has 0 radical (unpaired) electrons. The number of nitrogens with zero attached hydrogens (tertiary/aromatic N) is 1. The minimum atomic E-state index is -0.403. The lowest BCUT2D eigenvalue weighted by atomic mass is 9.89. The molecule has 0 aromatic rings. The number of rotatable bonds is 5. The molecule has 0 bridgehead atoms. The maximum atomic E-state index is 11.9. The second kappa shape index (κ2) is 6.38. The molecule has 1 atom stereocenters. The Morgan fingerprint density at radius 3 is 2.71 bits per heavy atom. The molecule has 0 aromatic carbocycles. The van der Waals surface area contributed by atoms with E-state index in [-0.39, 0.29) is 11.8 Å². The number of carbonyl (C=O) groups excluding carboxylic acids is 2. The van der Waals surface area contributed by atoms with Gasteiger partial charge in [-0.15, -0.1) is 0 Å². The van der Waals surface area contributed by atoms with E-state index in [1.54, 1.807) is 7.05 Å².